The summed E-state index contributed by atoms with van der Waals surface area (Å²) in [7, 11) is -0.538. The minimum atomic E-state index is -0.538. The average Bonchev–Trinajstić information content (AvgIpc) is 2.36. The quantitative estimate of drug-likeness (QED) is 0.557. The third-order valence-electron chi connectivity index (χ3n) is 3.26. The smallest absolute Gasteiger partial charge is 0.466 e. The molecule has 0 bridgehead atoms. The zero-order valence-electron chi connectivity index (χ0n) is 11.3. The number of carbonyl (C=O) groups is 1. The second-order valence-corrected chi connectivity index (χ2v) is 5.23. The molecule has 5 heteroatoms. The SMILES string of the molecule is C=C(CC(=O)OCC)B1OC(C)(C)C(C)(C)O1. The summed E-state index contributed by atoms with van der Waals surface area (Å²) in [5.74, 6) is -0.299. The highest BCUT2D eigenvalue weighted by atomic mass is 16.7. The first-order valence-electron chi connectivity index (χ1n) is 5.88. The molecule has 0 atom stereocenters. The molecule has 1 aliphatic rings. The molecule has 0 amide bonds. The van der Waals surface area contributed by atoms with Crippen LogP contribution in [0.5, 0.6) is 0 Å². The van der Waals surface area contributed by atoms with E-state index in [-0.39, 0.29) is 12.4 Å². The van der Waals surface area contributed by atoms with Crippen LogP contribution in [0.3, 0.4) is 0 Å². The Morgan fingerprint density at radius 2 is 1.71 bits per heavy atom. The summed E-state index contributed by atoms with van der Waals surface area (Å²) in [4.78, 5) is 11.3. The molecule has 0 aromatic heterocycles. The number of rotatable bonds is 4. The summed E-state index contributed by atoms with van der Waals surface area (Å²) in [6.45, 7) is 13.8. The van der Waals surface area contributed by atoms with Crippen LogP contribution in [0.2, 0.25) is 0 Å². The minimum Gasteiger partial charge on any atom is -0.466 e. The maximum absolute atomic E-state index is 11.3. The second-order valence-electron chi connectivity index (χ2n) is 5.23. The van der Waals surface area contributed by atoms with E-state index in [4.69, 9.17) is 14.0 Å². The zero-order valence-corrected chi connectivity index (χ0v) is 11.3. The Hall–Kier alpha value is -0.805. The van der Waals surface area contributed by atoms with Crippen LogP contribution in [0.4, 0.5) is 0 Å². The van der Waals surface area contributed by atoms with Crippen molar-refractivity contribution in [3.8, 4) is 0 Å². The highest BCUT2D eigenvalue weighted by Gasteiger charge is 2.52. The molecular weight excluding hydrogens is 219 g/mol. The van der Waals surface area contributed by atoms with E-state index in [2.05, 4.69) is 6.58 Å². The van der Waals surface area contributed by atoms with E-state index >= 15 is 0 Å². The van der Waals surface area contributed by atoms with Crippen LogP contribution in [0.1, 0.15) is 41.0 Å². The van der Waals surface area contributed by atoms with Gasteiger partial charge >= 0.3 is 13.1 Å². The molecule has 0 aromatic carbocycles. The second kappa shape index (κ2) is 4.82. The van der Waals surface area contributed by atoms with Gasteiger partial charge in [0, 0.05) is 0 Å². The minimum absolute atomic E-state index is 0.130. The van der Waals surface area contributed by atoms with Crippen molar-refractivity contribution in [2.75, 3.05) is 6.61 Å². The van der Waals surface area contributed by atoms with Gasteiger partial charge in [-0.25, -0.2) is 0 Å². The van der Waals surface area contributed by atoms with Crippen LogP contribution in [0, 0.1) is 0 Å². The van der Waals surface area contributed by atoms with Gasteiger partial charge < -0.3 is 14.0 Å². The standard InChI is InChI=1S/C12H21BO4/c1-7-15-10(14)8-9(2)13-16-11(3,4)12(5,6)17-13/h2,7-8H2,1,3-6H3. The Morgan fingerprint density at radius 3 is 2.12 bits per heavy atom. The molecule has 0 aromatic rings. The summed E-state index contributed by atoms with van der Waals surface area (Å²) in [6, 6.07) is 0. The van der Waals surface area contributed by atoms with Gasteiger partial charge in [-0.05, 0) is 40.1 Å². The van der Waals surface area contributed by atoms with Gasteiger partial charge in [0.1, 0.15) is 0 Å². The van der Waals surface area contributed by atoms with Crippen LogP contribution < -0.4 is 0 Å². The number of hydrogen-bond acceptors (Lipinski definition) is 4. The van der Waals surface area contributed by atoms with Crippen molar-refractivity contribution in [2.45, 2.75) is 52.2 Å². The van der Waals surface area contributed by atoms with Gasteiger partial charge in [-0.2, -0.15) is 0 Å². The van der Waals surface area contributed by atoms with Gasteiger partial charge in [-0.15, -0.1) is 6.58 Å². The molecule has 17 heavy (non-hydrogen) atoms. The molecule has 0 radical (unpaired) electrons. The summed E-state index contributed by atoms with van der Waals surface area (Å²) in [5, 5.41) is 0. The molecule has 1 fully saturated rings. The fraction of sp³-hybridized carbons (Fsp3) is 0.750. The number of ether oxygens (including phenoxy) is 1. The Bertz CT molecular complexity index is 306. The normalized spacial score (nSPS) is 21.4. The van der Waals surface area contributed by atoms with Gasteiger partial charge in [0.25, 0.3) is 0 Å². The predicted molar refractivity (Wildman–Crippen MR) is 66.5 cm³/mol. The molecule has 0 unspecified atom stereocenters. The van der Waals surface area contributed by atoms with E-state index in [1.807, 2.05) is 27.7 Å². The third-order valence-corrected chi connectivity index (χ3v) is 3.26. The summed E-state index contributed by atoms with van der Waals surface area (Å²) < 4.78 is 16.4. The fourth-order valence-corrected chi connectivity index (χ4v) is 1.49. The summed E-state index contributed by atoms with van der Waals surface area (Å²) >= 11 is 0. The molecule has 1 heterocycles. The van der Waals surface area contributed by atoms with Gasteiger partial charge in [-0.1, -0.05) is 0 Å². The number of carbonyl (C=O) groups excluding carboxylic acids is 1. The summed E-state index contributed by atoms with van der Waals surface area (Å²) in [5.41, 5.74) is -0.216. The Balaban J connectivity index is 2.60. The van der Waals surface area contributed by atoms with Crippen molar-refractivity contribution in [1.29, 1.82) is 0 Å². The van der Waals surface area contributed by atoms with E-state index in [0.29, 0.717) is 12.1 Å². The van der Waals surface area contributed by atoms with Gasteiger partial charge in [0.05, 0.1) is 24.2 Å². The molecule has 1 rings (SSSR count). The van der Waals surface area contributed by atoms with Crippen LogP contribution in [0.25, 0.3) is 0 Å². The van der Waals surface area contributed by atoms with E-state index in [1.165, 1.54) is 0 Å². The monoisotopic (exact) mass is 240 g/mol. The van der Waals surface area contributed by atoms with E-state index in [0.717, 1.165) is 0 Å². The lowest BCUT2D eigenvalue weighted by Crippen LogP contribution is -2.41. The first kappa shape index (κ1) is 14.3. The third kappa shape index (κ3) is 3.10. The highest BCUT2D eigenvalue weighted by molar-refractivity contribution is 6.54. The molecule has 0 aliphatic carbocycles. The van der Waals surface area contributed by atoms with Crippen molar-refractivity contribution >= 4 is 13.1 Å². The lowest BCUT2D eigenvalue weighted by atomic mass is 9.77. The van der Waals surface area contributed by atoms with Gasteiger partial charge in [0.15, 0.2) is 0 Å². The Labute approximate surface area is 103 Å². The average molecular weight is 240 g/mol. The number of hydrogen-bond donors (Lipinski definition) is 0. The fourth-order valence-electron chi connectivity index (χ4n) is 1.49. The van der Waals surface area contributed by atoms with E-state index in [1.54, 1.807) is 6.92 Å². The molecule has 1 saturated heterocycles. The van der Waals surface area contributed by atoms with Crippen molar-refractivity contribution in [2.24, 2.45) is 0 Å². The van der Waals surface area contributed by atoms with E-state index < -0.39 is 18.3 Å². The highest BCUT2D eigenvalue weighted by Crippen LogP contribution is 2.38. The molecular formula is C12H21BO4. The predicted octanol–water partition coefficient (Wildman–Crippen LogP) is 2.13. The van der Waals surface area contributed by atoms with Crippen molar-refractivity contribution in [1.82, 2.24) is 0 Å². The molecule has 0 N–H and O–H groups in total. The van der Waals surface area contributed by atoms with Crippen LogP contribution in [-0.2, 0) is 18.8 Å². The maximum Gasteiger partial charge on any atom is 0.490 e. The molecule has 1 aliphatic heterocycles. The topological polar surface area (TPSA) is 44.8 Å². The maximum atomic E-state index is 11.3. The van der Waals surface area contributed by atoms with Crippen molar-refractivity contribution < 1.29 is 18.8 Å². The van der Waals surface area contributed by atoms with Crippen molar-refractivity contribution in [3.05, 3.63) is 12.1 Å². The van der Waals surface area contributed by atoms with Crippen molar-refractivity contribution in [3.63, 3.8) is 0 Å². The molecule has 0 spiro atoms. The lowest BCUT2D eigenvalue weighted by Gasteiger charge is -2.32. The molecule has 0 saturated carbocycles. The lowest BCUT2D eigenvalue weighted by molar-refractivity contribution is -0.142. The van der Waals surface area contributed by atoms with Crippen LogP contribution >= 0.6 is 0 Å². The zero-order chi connectivity index (χ0) is 13.3. The Morgan fingerprint density at radius 1 is 1.24 bits per heavy atom. The summed E-state index contributed by atoms with van der Waals surface area (Å²) in [6.07, 6.45) is 0.130. The largest absolute Gasteiger partial charge is 0.490 e. The number of esters is 1. The van der Waals surface area contributed by atoms with Crippen LogP contribution in [0.15, 0.2) is 12.1 Å². The van der Waals surface area contributed by atoms with Gasteiger partial charge in [0.2, 0.25) is 0 Å². The first-order valence-corrected chi connectivity index (χ1v) is 5.88. The Kier molecular flexibility index (Phi) is 4.04. The molecule has 4 nitrogen and oxygen atoms in total. The van der Waals surface area contributed by atoms with Gasteiger partial charge in [-0.3, -0.25) is 4.79 Å². The van der Waals surface area contributed by atoms with E-state index in [9.17, 15) is 4.79 Å². The van der Waals surface area contributed by atoms with Crippen LogP contribution in [-0.4, -0.2) is 30.9 Å². The molecule has 96 valence electrons. The first-order chi connectivity index (χ1) is 7.69.